The van der Waals surface area contributed by atoms with Crippen LogP contribution in [0.1, 0.15) is 29.9 Å². The summed E-state index contributed by atoms with van der Waals surface area (Å²) in [5.74, 6) is 1.15. The molecule has 0 radical (unpaired) electrons. The maximum Gasteiger partial charge on any atom is 0.238 e. The van der Waals surface area contributed by atoms with Crippen LogP contribution in [0.25, 0.3) is 0 Å². The van der Waals surface area contributed by atoms with Crippen molar-refractivity contribution in [3.05, 3.63) is 53.6 Å². The molecule has 0 spiro atoms. The number of para-hydroxylation sites is 1. The zero-order valence-corrected chi connectivity index (χ0v) is 20.3. The van der Waals surface area contributed by atoms with Gasteiger partial charge in [-0.25, -0.2) is 0 Å². The number of likely N-dealkylation sites (N-methyl/N-ethyl adjacent to an activating group) is 1. The van der Waals surface area contributed by atoms with E-state index in [1.807, 2.05) is 50.5 Å². The van der Waals surface area contributed by atoms with Crippen LogP contribution < -0.4 is 20.1 Å². The zero-order valence-electron chi connectivity index (χ0n) is 20.3. The van der Waals surface area contributed by atoms with Gasteiger partial charge >= 0.3 is 0 Å². The first kappa shape index (κ1) is 25.0. The minimum atomic E-state index is -0.542. The molecule has 4 atom stereocenters. The average molecular weight is 484 g/mol. The topological polar surface area (TPSA) is 109 Å². The van der Waals surface area contributed by atoms with Crippen molar-refractivity contribution >= 4 is 17.5 Å². The van der Waals surface area contributed by atoms with Crippen molar-refractivity contribution in [2.45, 2.75) is 43.6 Å². The van der Waals surface area contributed by atoms with Crippen LogP contribution in [0.2, 0.25) is 0 Å². The van der Waals surface area contributed by atoms with E-state index in [2.05, 4.69) is 10.6 Å². The minimum Gasteiger partial charge on any atom is -0.496 e. The van der Waals surface area contributed by atoms with E-state index in [-0.39, 0.29) is 49.5 Å². The molecule has 3 N–H and O–H groups in total. The van der Waals surface area contributed by atoms with Crippen molar-refractivity contribution in [3.8, 4) is 11.5 Å². The lowest BCUT2D eigenvalue weighted by atomic mass is 9.84. The molecule has 1 fully saturated rings. The Morgan fingerprint density at radius 3 is 2.71 bits per heavy atom. The van der Waals surface area contributed by atoms with E-state index < -0.39 is 6.10 Å². The fourth-order valence-corrected chi connectivity index (χ4v) is 4.78. The lowest BCUT2D eigenvalue weighted by molar-refractivity contribution is -0.142. The average Bonchev–Trinajstić information content (AvgIpc) is 3.19. The third kappa shape index (κ3) is 5.93. The van der Waals surface area contributed by atoms with E-state index in [1.54, 1.807) is 18.1 Å². The van der Waals surface area contributed by atoms with E-state index in [9.17, 15) is 14.7 Å². The second kappa shape index (κ2) is 11.1. The Bertz CT molecular complexity index is 1060. The Balaban J connectivity index is 1.41. The fourth-order valence-electron chi connectivity index (χ4n) is 4.78. The maximum absolute atomic E-state index is 12.7. The number of anilines is 1. The number of nitrogens with zero attached hydrogens (tertiary/aromatic N) is 1. The molecular weight excluding hydrogens is 450 g/mol. The molecule has 1 saturated heterocycles. The smallest absolute Gasteiger partial charge is 0.238 e. The highest BCUT2D eigenvalue weighted by molar-refractivity contribution is 5.92. The van der Waals surface area contributed by atoms with Crippen LogP contribution in [0.4, 0.5) is 5.69 Å². The first-order valence-corrected chi connectivity index (χ1v) is 11.8. The Morgan fingerprint density at radius 2 is 1.97 bits per heavy atom. The molecule has 0 aliphatic carbocycles. The summed E-state index contributed by atoms with van der Waals surface area (Å²) in [5, 5.41) is 15.8. The molecular formula is C26H33N3O6. The number of carbonyl (C=O) groups is 2. The normalized spacial score (nSPS) is 22.7. The summed E-state index contributed by atoms with van der Waals surface area (Å²) in [5.41, 5.74) is 2.54. The van der Waals surface area contributed by atoms with E-state index in [0.29, 0.717) is 24.4 Å². The number of nitrogens with one attached hydrogen (secondary N) is 2. The van der Waals surface area contributed by atoms with Gasteiger partial charge in [0.1, 0.15) is 23.7 Å². The SMILES string of the molecule is COc1ccccc1CNC(=O)C[C@H]1C[C@@H]2c3cc(NC(=O)CN(C)C)ccc3O[C@@H]2[C@@H](CO)O1. The van der Waals surface area contributed by atoms with Crippen LogP contribution in [0.5, 0.6) is 11.5 Å². The molecule has 2 aromatic rings. The van der Waals surface area contributed by atoms with E-state index in [4.69, 9.17) is 14.2 Å². The summed E-state index contributed by atoms with van der Waals surface area (Å²) in [4.78, 5) is 26.7. The number of benzene rings is 2. The van der Waals surface area contributed by atoms with Crippen LogP contribution >= 0.6 is 0 Å². The second-order valence-corrected chi connectivity index (χ2v) is 9.24. The zero-order chi connectivity index (χ0) is 24.9. The molecule has 188 valence electrons. The Hall–Kier alpha value is -3.14. The van der Waals surface area contributed by atoms with E-state index in [0.717, 1.165) is 16.9 Å². The number of methoxy groups -OCH3 is 1. The van der Waals surface area contributed by atoms with Gasteiger partial charge in [0.05, 0.1) is 32.8 Å². The Kier molecular flexibility index (Phi) is 7.90. The number of carbonyl (C=O) groups excluding carboxylic acids is 2. The number of hydrogen-bond donors (Lipinski definition) is 3. The van der Waals surface area contributed by atoms with Crippen LogP contribution in [-0.2, 0) is 20.9 Å². The van der Waals surface area contributed by atoms with Crippen molar-refractivity contribution in [1.29, 1.82) is 0 Å². The van der Waals surface area contributed by atoms with Crippen molar-refractivity contribution in [3.63, 3.8) is 0 Å². The molecule has 2 aromatic carbocycles. The number of hydrogen-bond acceptors (Lipinski definition) is 7. The third-order valence-corrected chi connectivity index (χ3v) is 6.32. The molecule has 4 rings (SSSR count). The van der Waals surface area contributed by atoms with Gasteiger partial charge in [-0.15, -0.1) is 0 Å². The van der Waals surface area contributed by atoms with Gasteiger partial charge in [-0.1, -0.05) is 18.2 Å². The summed E-state index contributed by atoms with van der Waals surface area (Å²) >= 11 is 0. The minimum absolute atomic E-state index is 0.0476. The van der Waals surface area contributed by atoms with Crippen molar-refractivity contribution in [2.75, 3.05) is 39.7 Å². The third-order valence-electron chi connectivity index (χ3n) is 6.32. The standard InChI is InChI=1S/C26H33N3O6/c1-29(2)14-25(32)28-17-8-9-22-19(10-17)20-11-18(34-23(15-30)26(20)35-22)12-24(31)27-13-16-6-4-5-7-21(16)33-3/h4-10,18,20,23,26,30H,11-15H2,1-3H3,(H,27,31)(H,28,32)/t18-,20-,23-,26+/m1/s1. The van der Waals surface area contributed by atoms with Gasteiger partial charge in [-0.3, -0.25) is 9.59 Å². The molecule has 2 amide bonds. The first-order chi connectivity index (χ1) is 16.9. The first-order valence-electron chi connectivity index (χ1n) is 11.8. The van der Waals surface area contributed by atoms with Crippen molar-refractivity contribution < 1.29 is 28.9 Å². The number of aliphatic hydroxyl groups is 1. The molecule has 9 nitrogen and oxygen atoms in total. The molecule has 2 aliphatic rings. The largest absolute Gasteiger partial charge is 0.496 e. The quantitative estimate of drug-likeness (QED) is 0.500. The number of ether oxygens (including phenoxy) is 3. The van der Waals surface area contributed by atoms with Gasteiger partial charge in [-0.05, 0) is 44.8 Å². The number of rotatable bonds is 9. The van der Waals surface area contributed by atoms with E-state index in [1.165, 1.54) is 0 Å². The van der Waals surface area contributed by atoms with Gasteiger partial charge in [-0.2, -0.15) is 0 Å². The van der Waals surface area contributed by atoms with Gasteiger partial charge in [0.2, 0.25) is 11.8 Å². The summed E-state index contributed by atoms with van der Waals surface area (Å²) in [6.45, 7) is 0.431. The lowest BCUT2D eigenvalue weighted by Gasteiger charge is -2.37. The molecule has 9 heteroatoms. The van der Waals surface area contributed by atoms with Crippen LogP contribution in [0.3, 0.4) is 0 Å². The molecule has 2 heterocycles. The lowest BCUT2D eigenvalue weighted by Crippen LogP contribution is -2.47. The van der Waals surface area contributed by atoms with Gasteiger partial charge < -0.3 is 34.9 Å². The summed E-state index contributed by atoms with van der Waals surface area (Å²) < 4.78 is 17.5. The monoisotopic (exact) mass is 483 g/mol. The molecule has 0 bridgehead atoms. The molecule has 35 heavy (non-hydrogen) atoms. The van der Waals surface area contributed by atoms with Crippen LogP contribution in [0, 0.1) is 0 Å². The summed E-state index contributed by atoms with van der Waals surface area (Å²) in [6, 6.07) is 13.1. The fraction of sp³-hybridized carbons (Fsp3) is 0.462. The van der Waals surface area contributed by atoms with Crippen molar-refractivity contribution in [2.24, 2.45) is 0 Å². The highest BCUT2D eigenvalue weighted by Gasteiger charge is 2.46. The molecule has 0 unspecified atom stereocenters. The van der Waals surface area contributed by atoms with Gasteiger partial charge in [0.15, 0.2) is 0 Å². The highest BCUT2D eigenvalue weighted by Crippen LogP contribution is 2.47. The van der Waals surface area contributed by atoms with Gasteiger partial charge in [0.25, 0.3) is 0 Å². The Morgan fingerprint density at radius 1 is 1.17 bits per heavy atom. The molecule has 0 saturated carbocycles. The Labute approximate surface area is 205 Å². The van der Waals surface area contributed by atoms with Crippen LogP contribution in [0.15, 0.2) is 42.5 Å². The predicted molar refractivity (Wildman–Crippen MR) is 131 cm³/mol. The van der Waals surface area contributed by atoms with Crippen molar-refractivity contribution in [1.82, 2.24) is 10.2 Å². The molecule has 2 aliphatic heterocycles. The maximum atomic E-state index is 12.7. The summed E-state index contributed by atoms with van der Waals surface area (Å²) in [6.07, 6.45) is -0.502. The summed E-state index contributed by atoms with van der Waals surface area (Å²) in [7, 11) is 5.28. The molecule has 0 aromatic heterocycles. The predicted octanol–water partition coefficient (Wildman–Crippen LogP) is 1.90. The van der Waals surface area contributed by atoms with Gasteiger partial charge in [0, 0.05) is 29.3 Å². The van der Waals surface area contributed by atoms with E-state index >= 15 is 0 Å². The number of fused-ring (bicyclic) bond motifs is 3. The highest BCUT2D eigenvalue weighted by atomic mass is 16.6. The number of aliphatic hydroxyl groups excluding tert-OH is 1. The number of amides is 2. The second-order valence-electron chi connectivity index (χ2n) is 9.24. The van der Waals surface area contributed by atoms with Crippen LogP contribution in [-0.4, -0.2) is 74.5 Å².